The van der Waals surface area contributed by atoms with Crippen LogP contribution in [0.2, 0.25) is 5.02 Å². The highest BCUT2D eigenvalue weighted by molar-refractivity contribution is 6.31. The average Bonchev–Trinajstić information content (AvgIpc) is 2.44. The number of nitriles is 1. The number of amides is 1. The third-order valence-corrected chi connectivity index (χ3v) is 3.18. The molecule has 0 heterocycles. The minimum absolute atomic E-state index is 0.262. The van der Waals surface area contributed by atoms with Gasteiger partial charge in [0.15, 0.2) is 0 Å². The molecule has 1 N–H and O–H groups in total. The first-order valence-electron chi connectivity index (χ1n) is 5.68. The van der Waals surface area contributed by atoms with E-state index >= 15 is 0 Å². The molecular formula is C15H11ClN2O. The highest BCUT2D eigenvalue weighted by Gasteiger charge is 2.09. The fourth-order valence-electron chi connectivity index (χ4n) is 1.67. The lowest BCUT2D eigenvalue weighted by Gasteiger charge is -2.09. The zero-order valence-corrected chi connectivity index (χ0v) is 11.0. The zero-order valence-electron chi connectivity index (χ0n) is 10.3. The number of carbonyl (C=O) groups is 1. The maximum atomic E-state index is 12.1. The van der Waals surface area contributed by atoms with Crippen molar-refractivity contribution in [3.05, 3.63) is 64.2 Å². The molecule has 0 spiro atoms. The molecule has 3 nitrogen and oxygen atoms in total. The van der Waals surface area contributed by atoms with Crippen molar-refractivity contribution in [2.75, 3.05) is 5.32 Å². The van der Waals surface area contributed by atoms with Crippen molar-refractivity contribution in [1.29, 1.82) is 5.26 Å². The van der Waals surface area contributed by atoms with E-state index in [9.17, 15) is 4.79 Å². The Morgan fingerprint density at radius 3 is 2.74 bits per heavy atom. The Bertz CT molecular complexity index is 674. The number of benzene rings is 2. The van der Waals surface area contributed by atoms with Gasteiger partial charge in [0, 0.05) is 16.3 Å². The third-order valence-electron chi connectivity index (χ3n) is 2.77. The molecule has 0 atom stereocenters. The molecule has 2 aromatic rings. The molecule has 0 saturated carbocycles. The Labute approximate surface area is 116 Å². The number of rotatable bonds is 2. The number of nitrogens with zero attached hydrogens (tertiary/aromatic N) is 1. The van der Waals surface area contributed by atoms with E-state index in [1.165, 1.54) is 0 Å². The van der Waals surface area contributed by atoms with Crippen LogP contribution >= 0.6 is 11.6 Å². The van der Waals surface area contributed by atoms with Gasteiger partial charge < -0.3 is 5.32 Å². The predicted octanol–water partition coefficient (Wildman–Crippen LogP) is 3.77. The quantitative estimate of drug-likeness (QED) is 0.903. The second kappa shape index (κ2) is 5.55. The van der Waals surface area contributed by atoms with E-state index in [1.807, 2.05) is 13.0 Å². The summed E-state index contributed by atoms with van der Waals surface area (Å²) in [4.78, 5) is 12.1. The fourth-order valence-corrected chi connectivity index (χ4v) is 1.84. The molecule has 2 aromatic carbocycles. The maximum Gasteiger partial charge on any atom is 0.255 e. The Hall–Kier alpha value is -2.31. The summed E-state index contributed by atoms with van der Waals surface area (Å²) >= 11 is 6.00. The second-order valence-corrected chi connectivity index (χ2v) is 4.47. The normalized spacial score (nSPS) is 9.74. The van der Waals surface area contributed by atoms with E-state index in [0.717, 1.165) is 5.56 Å². The molecule has 0 bridgehead atoms. The van der Waals surface area contributed by atoms with Crippen LogP contribution in [-0.2, 0) is 0 Å². The monoisotopic (exact) mass is 270 g/mol. The van der Waals surface area contributed by atoms with Crippen LogP contribution < -0.4 is 5.32 Å². The van der Waals surface area contributed by atoms with E-state index in [4.69, 9.17) is 16.9 Å². The van der Waals surface area contributed by atoms with Crippen LogP contribution in [0.1, 0.15) is 21.5 Å². The van der Waals surface area contributed by atoms with E-state index in [0.29, 0.717) is 21.8 Å². The van der Waals surface area contributed by atoms with Gasteiger partial charge >= 0.3 is 0 Å². The van der Waals surface area contributed by atoms with Crippen LogP contribution in [0.15, 0.2) is 42.5 Å². The van der Waals surface area contributed by atoms with Gasteiger partial charge in [-0.25, -0.2) is 0 Å². The summed E-state index contributed by atoms with van der Waals surface area (Å²) in [6.45, 7) is 1.84. The molecule has 0 aromatic heterocycles. The summed E-state index contributed by atoms with van der Waals surface area (Å²) in [5.74, 6) is -0.262. The molecule has 2 rings (SSSR count). The van der Waals surface area contributed by atoms with Gasteiger partial charge in [-0.15, -0.1) is 0 Å². The van der Waals surface area contributed by atoms with Crippen molar-refractivity contribution >= 4 is 23.2 Å². The highest BCUT2D eigenvalue weighted by Crippen LogP contribution is 2.23. The first-order chi connectivity index (χ1) is 9.11. The van der Waals surface area contributed by atoms with Crippen molar-refractivity contribution in [3.8, 4) is 6.07 Å². The number of carbonyl (C=O) groups excluding carboxylic acids is 1. The van der Waals surface area contributed by atoms with Crippen LogP contribution in [0.4, 0.5) is 5.69 Å². The Balaban J connectivity index is 2.26. The zero-order chi connectivity index (χ0) is 13.8. The van der Waals surface area contributed by atoms with Crippen molar-refractivity contribution in [2.45, 2.75) is 6.92 Å². The van der Waals surface area contributed by atoms with Gasteiger partial charge in [0.2, 0.25) is 0 Å². The van der Waals surface area contributed by atoms with E-state index in [-0.39, 0.29) is 5.91 Å². The number of halogens is 1. The van der Waals surface area contributed by atoms with E-state index in [1.54, 1.807) is 42.5 Å². The van der Waals surface area contributed by atoms with Gasteiger partial charge in [-0.2, -0.15) is 5.26 Å². The van der Waals surface area contributed by atoms with Crippen LogP contribution in [0.3, 0.4) is 0 Å². The van der Waals surface area contributed by atoms with Gasteiger partial charge in [0.05, 0.1) is 11.6 Å². The summed E-state index contributed by atoms with van der Waals surface area (Å²) in [6, 6.07) is 13.9. The fraction of sp³-hybridized carbons (Fsp3) is 0.0667. The first kappa shape index (κ1) is 13.1. The van der Waals surface area contributed by atoms with Crippen molar-refractivity contribution in [1.82, 2.24) is 0 Å². The van der Waals surface area contributed by atoms with Crippen LogP contribution in [0, 0.1) is 18.3 Å². The first-order valence-corrected chi connectivity index (χ1v) is 6.06. The number of hydrogen-bond acceptors (Lipinski definition) is 2. The lowest BCUT2D eigenvalue weighted by molar-refractivity contribution is 0.102. The van der Waals surface area contributed by atoms with Gasteiger partial charge in [-0.1, -0.05) is 23.7 Å². The number of anilines is 1. The molecule has 94 valence electrons. The predicted molar refractivity (Wildman–Crippen MR) is 75.3 cm³/mol. The van der Waals surface area contributed by atoms with Gasteiger partial charge in [0.25, 0.3) is 5.91 Å². The lowest BCUT2D eigenvalue weighted by atomic mass is 10.1. The van der Waals surface area contributed by atoms with E-state index in [2.05, 4.69) is 5.32 Å². The summed E-state index contributed by atoms with van der Waals surface area (Å²) in [5.41, 5.74) is 2.38. The minimum atomic E-state index is -0.262. The van der Waals surface area contributed by atoms with Gasteiger partial charge in [-0.05, 0) is 42.8 Å². The van der Waals surface area contributed by atoms with Crippen molar-refractivity contribution < 1.29 is 4.79 Å². The van der Waals surface area contributed by atoms with Gasteiger partial charge in [-0.3, -0.25) is 4.79 Å². The molecule has 0 unspecified atom stereocenters. The number of hydrogen-bond donors (Lipinski definition) is 1. The standard InChI is InChI=1S/C15H11ClN2O/c1-10-13(16)6-3-7-14(10)18-15(19)12-5-2-4-11(8-12)9-17/h2-8H,1H3,(H,18,19). The molecular weight excluding hydrogens is 260 g/mol. The lowest BCUT2D eigenvalue weighted by Crippen LogP contribution is -2.12. The molecule has 0 saturated heterocycles. The summed E-state index contributed by atoms with van der Waals surface area (Å²) in [6.07, 6.45) is 0. The van der Waals surface area contributed by atoms with Crippen LogP contribution in [-0.4, -0.2) is 5.91 Å². The average molecular weight is 271 g/mol. The SMILES string of the molecule is Cc1c(Cl)cccc1NC(=O)c1cccc(C#N)c1. The Morgan fingerprint density at radius 1 is 1.26 bits per heavy atom. The second-order valence-electron chi connectivity index (χ2n) is 4.06. The Kier molecular flexibility index (Phi) is 3.84. The van der Waals surface area contributed by atoms with Crippen LogP contribution in [0.25, 0.3) is 0 Å². The third kappa shape index (κ3) is 2.93. The highest BCUT2D eigenvalue weighted by atomic mass is 35.5. The molecule has 1 amide bonds. The van der Waals surface area contributed by atoms with Crippen molar-refractivity contribution in [3.63, 3.8) is 0 Å². The summed E-state index contributed by atoms with van der Waals surface area (Å²) in [7, 11) is 0. The van der Waals surface area contributed by atoms with Crippen LogP contribution in [0.5, 0.6) is 0 Å². The Morgan fingerprint density at radius 2 is 2.00 bits per heavy atom. The maximum absolute atomic E-state index is 12.1. The molecule has 0 aliphatic rings. The largest absolute Gasteiger partial charge is 0.322 e. The molecule has 0 fully saturated rings. The van der Waals surface area contributed by atoms with E-state index < -0.39 is 0 Å². The molecule has 0 aliphatic heterocycles. The number of nitrogens with one attached hydrogen (secondary N) is 1. The topological polar surface area (TPSA) is 52.9 Å². The smallest absolute Gasteiger partial charge is 0.255 e. The summed E-state index contributed by atoms with van der Waals surface area (Å²) in [5, 5.41) is 12.2. The summed E-state index contributed by atoms with van der Waals surface area (Å²) < 4.78 is 0. The van der Waals surface area contributed by atoms with Crippen molar-refractivity contribution in [2.24, 2.45) is 0 Å². The minimum Gasteiger partial charge on any atom is -0.322 e. The molecule has 0 radical (unpaired) electrons. The molecule has 4 heteroatoms. The molecule has 19 heavy (non-hydrogen) atoms. The van der Waals surface area contributed by atoms with Gasteiger partial charge in [0.1, 0.15) is 0 Å². The molecule has 0 aliphatic carbocycles.